The summed E-state index contributed by atoms with van der Waals surface area (Å²) in [6.45, 7) is 2.66. The van der Waals surface area contributed by atoms with Crippen molar-refractivity contribution in [2.45, 2.75) is 32.2 Å². The summed E-state index contributed by atoms with van der Waals surface area (Å²) in [5.74, 6) is -0.138. The van der Waals surface area contributed by atoms with Gasteiger partial charge in [-0.2, -0.15) is 0 Å². The molecule has 1 aliphatic rings. The third-order valence-electron chi connectivity index (χ3n) is 5.28. The number of piperidine rings is 1. The number of likely N-dealkylation sites (tertiary alicyclic amines) is 1. The van der Waals surface area contributed by atoms with Crippen LogP contribution in [0.3, 0.4) is 0 Å². The summed E-state index contributed by atoms with van der Waals surface area (Å²) in [6.07, 6.45) is 3.27. The number of hydrogen-bond donors (Lipinski definition) is 1. The van der Waals surface area contributed by atoms with Gasteiger partial charge in [0.25, 0.3) is 0 Å². The molecule has 0 unspecified atom stereocenters. The SMILES string of the molecule is O=C(NCCCc1ccccc1Cl)C1CCN(Cc2c(F)cccc2Cl)CC1. The normalized spacial score (nSPS) is 15.5. The minimum atomic E-state index is -0.272. The van der Waals surface area contributed by atoms with Gasteiger partial charge in [-0.3, -0.25) is 9.69 Å². The summed E-state index contributed by atoms with van der Waals surface area (Å²) >= 11 is 12.3. The fourth-order valence-electron chi connectivity index (χ4n) is 3.60. The van der Waals surface area contributed by atoms with Crippen molar-refractivity contribution in [1.29, 1.82) is 0 Å². The smallest absolute Gasteiger partial charge is 0.223 e. The summed E-state index contributed by atoms with van der Waals surface area (Å²) in [7, 11) is 0. The van der Waals surface area contributed by atoms with Crippen molar-refractivity contribution < 1.29 is 9.18 Å². The predicted molar refractivity (Wildman–Crippen MR) is 112 cm³/mol. The van der Waals surface area contributed by atoms with Crippen molar-refractivity contribution in [2.75, 3.05) is 19.6 Å². The van der Waals surface area contributed by atoms with E-state index in [2.05, 4.69) is 10.2 Å². The number of carbonyl (C=O) groups excluding carboxylic acids is 1. The fraction of sp³-hybridized carbons (Fsp3) is 0.409. The molecule has 0 radical (unpaired) electrons. The van der Waals surface area contributed by atoms with Crippen LogP contribution in [0.2, 0.25) is 10.0 Å². The molecule has 0 spiro atoms. The Bertz CT molecular complexity index is 787. The van der Waals surface area contributed by atoms with E-state index in [0.29, 0.717) is 23.7 Å². The molecule has 0 aliphatic carbocycles. The van der Waals surface area contributed by atoms with E-state index in [1.54, 1.807) is 12.1 Å². The van der Waals surface area contributed by atoms with Crippen LogP contribution < -0.4 is 5.32 Å². The van der Waals surface area contributed by atoms with Gasteiger partial charge >= 0.3 is 0 Å². The molecule has 1 heterocycles. The molecule has 1 fully saturated rings. The molecule has 150 valence electrons. The lowest BCUT2D eigenvalue weighted by molar-refractivity contribution is -0.126. The quantitative estimate of drug-likeness (QED) is 0.629. The highest BCUT2D eigenvalue weighted by Crippen LogP contribution is 2.24. The molecule has 6 heteroatoms. The number of carbonyl (C=O) groups is 1. The van der Waals surface area contributed by atoms with Crippen molar-refractivity contribution in [3.05, 3.63) is 69.5 Å². The molecule has 0 saturated carbocycles. The zero-order valence-corrected chi connectivity index (χ0v) is 17.3. The Balaban J connectivity index is 1.38. The molecule has 3 rings (SSSR count). The Kier molecular flexibility index (Phi) is 7.72. The van der Waals surface area contributed by atoms with E-state index in [4.69, 9.17) is 23.2 Å². The van der Waals surface area contributed by atoms with E-state index >= 15 is 0 Å². The maximum atomic E-state index is 13.9. The Hall–Kier alpha value is -1.62. The van der Waals surface area contributed by atoms with E-state index in [1.165, 1.54) is 6.07 Å². The Labute approximate surface area is 175 Å². The first-order valence-electron chi connectivity index (χ1n) is 9.71. The monoisotopic (exact) mass is 422 g/mol. The first kappa shape index (κ1) is 21.1. The molecule has 1 aliphatic heterocycles. The van der Waals surface area contributed by atoms with Crippen molar-refractivity contribution in [1.82, 2.24) is 10.2 Å². The predicted octanol–water partition coefficient (Wildman–Crippen LogP) is 5.09. The number of nitrogens with zero attached hydrogens (tertiary/aromatic N) is 1. The zero-order valence-electron chi connectivity index (χ0n) is 15.8. The van der Waals surface area contributed by atoms with Gasteiger partial charge in [0, 0.05) is 34.6 Å². The molecule has 1 saturated heterocycles. The molecule has 0 atom stereocenters. The van der Waals surface area contributed by atoms with Crippen LogP contribution in [0, 0.1) is 11.7 Å². The second-order valence-electron chi connectivity index (χ2n) is 7.24. The highest BCUT2D eigenvalue weighted by atomic mass is 35.5. The number of amides is 1. The van der Waals surface area contributed by atoms with E-state index < -0.39 is 0 Å². The standard InChI is InChI=1S/C22H25Cl2FN2O/c23-19-7-2-1-5-16(19)6-4-12-26-22(28)17-10-13-27(14-11-17)15-18-20(24)8-3-9-21(18)25/h1-3,5,7-9,17H,4,6,10-15H2,(H,26,28). The van der Waals surface area contributed by atoms with Crippen LogP contribution in [0.4, 0.5) is 4.39 Å². The van der Waals surface area contributed by atoms with Gasteiger partial charge in [-0.25, -0.2) is 4.39 Å². The summed E-state index contributed by atoms with van der Waals surface area (Å²) in [5, 5.41) is 4.27. The second kappa shape index (κ2) is 10.2. The molecule has 0 aromatic heterocycles. The summed E-state index contributed by atoms with van der Waals surface area (Å²) in [4.78, 5) is 14.6. The lowest BCUT2D eigenvalue weighted by Crippen LogP contribution is -2.40. The van der Waals surface area contributed by atoms with Crippen LogP contribution in [-0.2, 0) is 17.8 Å². The lowest BCUT2D eigenvalue weighted by Gasteiger charge is -2.31. The molecule has 1 N–H and O–H groups in total. The molecular formula is C22H25Cl2FN2O. The fourth-order valence-corrected chi connectivity index (χ4v) is 4.05. The van der Waals surface area contributed by atoms with E-state index in [1.807, 2.05) is 24.3 Å². The van der Waals surface area contributed by atoms with Crippen LogP contribution in [0.1, 0.15) is 30.4 Å². The molecule has 2 aromatic carbocycles. The first-order valence-corrected chi connectivity index (χ1v) is 10.5. The number of rotatable bonds is 7. The van der Waals surface area contributed by atoms with Gasteiger partial charge in [-0.05, 0) is 62.5 Å². The largest absolute Gasteiger partial charge is 0.356 e. The molecule has 3 nitrogen and oxygen atoms in total. The van der Waals surface area contributed by atoms with Crippen molar-refractivity contribution in [3.63, 3.8) is 0 Å². The number of nitrogens with one attached hydrogen (secondary N) is 1. The number of aryl methyl sites for hydroxylation is 1. The Morgan fingerprint density at radius 3 is 2.50 bits per heavy atom. The number of hydrogen-bond acceptors (Lipinski definition) is 2. The maximum absolute atomic E-state index is 13.9. The minimum absolute atomic E-state index is 0.0210. The first-order chi connectivity index (χ1) is 13.5. The third kappa shape index (κ3) is 5.69. The highest BCUT2D eigenvalue weighted by molar-refractivity contribution is 6.31. The van der Waals surface area contributed by atoms with Gasteiger partial charge in [-0.1, -0.05) is 47.5 Å². The average Bonchev–Trinajstić information content (AvgIpc) is 2.70. The average molecular weight is 423 g/mol. The van der Waals surface area contributed by atoms with E-state index in [-0.39, 0.29) is 17.6 Å². The molecule has 0 bridgehead atoms. The van der Waals surface area contributed by atoms with Crippen LogP contribution >= 0.6 is 23.2 Å². The number of halogens is 3. The molecule has 28 heavy (non-hydrogen) atoms. The lowest BCUT2D eigenvalue weighted by atomic mass is 9.95. The Morgan fingerprint density at radius 1 is 1.07 bits per heavy atom. The van der Waals surface area contributed by atoms with Crippen LogP contribution in [0.25, 0.3) is 0 Å². The summed E-state index contributed by atoms with van der Waals surface area (Å²) in [6, 6.07) is 12.6. The van der Waals surface area contributed by atoms with Crippen molar-refractivity contribution in [2.24, 2.45) is 5.92 Å². The minimum Gasteiger partial charge on any atom is -0.356 e. The van der Waals surface area contributed by atoms with Gasteiger partial charge < -0.3 is 5.32 Å². The van der Waals surface area contributed by atoms with Gasteiger partial charge in [0.15, 0.2) is 0 Å². The maximum Gasteiger partial charge on any atom is 0.223 e. The van der Waals surface area contributed by atoms with E-state index in [0.717, 1.165) is 49.4 Å². The third-order valence-corrected chi connectivity index (χ3v) is 6.00. The number of benzene rings is 2. The van der Waals surface area contributed by atoms with Gasteiger partial charge in [0.1, 0.15) is 5.82 Å². The van der Waals surface area contributed by atoms with Crippen LogP contribution in [-0.4, -0.2) is 30.4 Å². The Morgan fingerprint density at radius 2 is 1.79 bits per heavy atom. The van der Waals surface area contributed by atoms with Gasteiger partial charge in [0.05, 0.1) is 0 Å². The highest BCUT2D eigenvalue weighted by Gasteiger charge is 2.25. The zero-order chi connectivity index (χ0) is 19.9. The van der Waals surface area contributed by atoms with Crippen molar-refractivity contribution >= 4 is 29.1 Å². The molecule has 2 aromatic rings. The van der Waals surface area contributed by atoms with Crippen LogP contribution in [0.15, 0.2) is 42.5 Å². The molecular weight excluding hydrogens is 398 g/mol. The second-order valence-corrected chi connectivity index (χ2v) is 8.05. The topological polar surface area (TPSA) is 32.3 Å². The van der Waals surface area contributed by atoms with E-state index in [9.17, 15) is 9.18 Å². The van der Waals surface area contributed by atoms with Gasteiger partial charge in [0.2, 0.25) is 5.91 Å². The van der Waals surface area contributed by atoms with Gasteiger partial charge in [-0.15, -0.1) is 0 Å². The summed E-state index contributed by atoms with van der Waals surface area (Å²) < 4.78 is 13.9. The summed E-state index contributed by atoms with van der Waals surface area (Å²) in [5.41, 5.74) is 1.64. The van der Waals surface area contributed by atoms with Crippen LogP contribution in [0.5, 0.6) is 0 Å². The molecule has 1 amide bonds. The van der Waals surface area contributed by atoms with Crippen molar-refractivity contribution in [3.8, 4) is 0 Å².